The van der Waals surface area contributed by atoms with Gasteiger partial charge in [0, 0.05) is 13.2 Å². The van der Waals surface area contributed by atoms with Crippen LogP contribution in [0, 0.1) is 11.3 Å². The summed E-state index contributed by atoms with van der Waals surface area (Å²) < 4.78 is 18.7. The highest BCUT2D eigenvalue weighted by molar-refractivity contribution is 5.77. The van der Waals surface area contributed by atoms with Gasteiger partial charge in [-0.15, -0.1) is 0 Å². The molecular weight excluding hydrogens is 199 g/mol. The second-order valence-corrected chi connectivity index (χ2v) is 5.11. The fraction of sp³-hybridized carbons (Fsp3) is 0.909. The van der Waals surface area contributed by atoms with Gasteiger partial charge in [0.15, 0.2) is 0 Å². The molecule has 0 aromatic heterocycles. The first kappa shape index (κ1) is 10.9. The minimum absolute atomic E-state index is 0.0903. The van der Waals surface area contributed by atoms with Gasteiger partial charge in [-0.25, -0.2) is 4.39 Å². The van der Waals surface area contributed by atoms with Crippen molar-refractivity contribution in [2.24, 2.45) is 11.3 Å². The summed E-state index contributed by atoms with van der Waals surface area (Å²) in [7, 11) is 0. The van der Waals surface area contributed by atoms with E-state index in [2.05, 4.69) is 0 Å². The van der Waals surface area contributed by atoms with Crippen LogP contribution in [0.2, 0.25) is 0 Å². The van der Waals surface area contributed by atoms with Crippen LogP contribution >= 0.6 is 0 Å². The van der Waals surface area contributed by atoms with E-state index in [4.69, 9.17) is 4.74 Å². The molecule has 1 saturated carbocycles. The maximum atomic E-state index is 13.5. The number of hydrogen-bond acceptors (Lipinski definition) is 2. The van der Waals surface area contributed by atoms with E-state index in [0.717, 1.165) is 12.8 Å². The molecule has 4 heteroatoms. The van der Waals surface area contributed by atoms with E-state index < -0.39 is 17.1 Å². The van der Waals surface area contributed by atoms with Crippen molar-refractivity contribution in [2.45, 2.75) is 38.3 Å². The Morgan fingerprint density at radius 3 is 2.33 bits per heavy atom. The van der Waals surface area contributed by atoms with Crippen LogP contribution in [0.4, 0.5) is 4.39 Å². The molecule has 3 nitrogen and oxygen atoms in total. The fourth-order valence-corrected chi connectivity index (χ4v) is 3.13. The Hall–Kier alpha value is -0.640. The molecule has 0 spiro atoms. The summed E-state index contributed by atoms with van der Waals surface area (Å²) in [6, 6.07) is 0. The molecule has 0 atom stereocenters. The zero-order valence-corrected chi connectivity index (χ0v) is 8.96. The third-order valence-corrected chi connectivity index (χ3v) is 3.80. The van der Waals surface area contributed by atoms with Crippen LogP contribution in [-0.4, -0.2) is 30.0 Å². The summed E-state index contributed by atoms with van der Waals surface area (Å²) in [6.45, 7) is 2.72. The van der Waals surface area contributed by atoms with Crippen molar-refractivity contribution >= 4 is 5.97 Å². The van der Waals surface area contributed by atoms with Gasteiger partial charge >= 0.3 is 5.97 Å². The van der Waals surface area contributed by atoms with E-state index in [9.17, 15) is 14.3 Å². The molecule has 0 bridgehead atoms. The normalized spacial score (nSPS) is 42.3. The number of rotatable bonds is 2. The lowest BCUT2D eigenvalue weighted by atomic mass is 9.53. The summed E-state index contributed by atoms with van der Waals surface area (Å²) in [5.74, 6) is -0.739. The van der Waals surface area contributed by atoms with Gasteiger partial charge in [-0.3, -0.25) is 4.79 Å². The highest BCUT2D eigenvalue weighted by atomic mass is 19.1. The zero-order valence-electron chi connectivity index (χ0n) is 8.96. The Bertz CT molecular complexity index is 261. The predicted molar refractivity (Wildman–Crippen MR) is 52.4 cm³/mol. The quantitative estimate of drug-likeness (QED) is 0.768. The molecule has 2 fully saturated rings. The molecule has 1 saturated heterocycles. The smallest absolute Gasteiger partial charge is 0.310 e. The number of halogens is 1. The Morgan fingerprint density at radius 2 is 1.93 bits per heavy atom. The molecule has 86 valence electrons. The topological polar surface area (TPSA) is 46.5 Å². The second kappa shape index (κ2) is 3.44. The van der Waals surface area contributed by atoms with Crippen LogP contribution in [0.15, 0.2) is 0 Å². The minimum Gasteiger partial charge on any atom is -0.481 e. The van der Waals surface area contributed by atoms with Crippen LogP contribution in [0.5, 0.6) is 0 Å². The Balaban J connectivity index is 2.10. The number of carboxylic acids is 1. The van der Waals surface area contributed by atoms with Gasteiger partial charge in [-0.1, -0.05) is 0 Å². The van der Waals surface area contributed by atoms with E-state index in [1.807, 2.05) is 0 Å². The first-order valence-corrected chi connectivity index (χ1v) is 5.46. The Labute approximate surface area is 88.6 Å². The number of carbonyl (C=O) groups is 1. The van der Waals surface area contributed by atoms with Gasteiger partial charge in [0.2, 0.25) is 0 Å². The van der Waals surface area contributed by atoms with Gasteiger partial charge in [0.1, 0.15) is 5.67 Å². The van der Waals surface area contributed by atoms with Crippen LogP contribution in [0.25, 0.3) is 0 Å². The van der Waals surface area contributed by atoms with Crippen molar-refractivity contribution in [1.29, 1.82) is 0 Å². The fourth-order valence-electron chi connectivity index (χ4n) is 3.13. The molecule has 0 amide bonds. The molecular formula is C11H17FO3. The highest BCUT2D eigenvalue weighted by Crippen LogP contribution is 2.57. The first-order valence-electron chi connectivity index (χ1n) is 5.46. The molecule has 1 heterocycles. The minimum atomic E-state index is -1.28. The number of hydrogen-bond donors (Lipinski definition) is 1. The van der Waals surface area contributed by atoms with Crippen molar-refractivity contribution in [3.63, 3.8) is 0 Å². The van der Waals surface area contributed by atoms with Crippen LogP contribution in [0.1, 0.15) is 32.6 Å². The van der Waals surface area contributed by atoms with Gasteiger partial charge in [-0.05, 0) is 38.5 Å². The van der Waals surface area contributed by atoms with Crippen LogP contribution in [0.3, 0.4) is 0 Å². The maximum Gasteiger partial charge on any atom is 0.310 e. The van der Waals surface area contributed by atoms with Gasteiger partial charge in [-0.2, -0.15) is 0 Å². The number of alkyl halides is 1. The molecule has 0 aromatic rings. The molecule has 0 radical (unpaired) electrons. The molecule has 2 aliphatic rings. The van der Waals surface area contributed by atoms with Crippen LogP contribution < -0.4 is 0 Å². The number of ether oxygens (including phenoxy) is 1. The molecule has 15 heavy (non-hydrogen) atoms. The van der Waals surface area contributed by atoms with E-state index in [-0.39, 0.29) is 18.8 Å². The molecule has 0 unspecified atom stereocenters. The average molecular weight is 216 g/mol. The number of carboxylic acid groups (broad SMARTS) is 1. The third-order valence-electron chi connectivity index (χ3n) is 3.80. The molecule has 1 aliphatic heterocycles. The lowest BCUT2D eigenvalue weighted by Gasteiger charge is -2.52. The lowest BCUT2D eigenvalue weighted by molar-refractivity contribution is -0.181. The van der Waals surface area contributed by atoms with Crippen molar-refractivity contribution in [3.8, 4) is 0 Å². The summed E-state index contributed by atoms with van der Waals surface area (Å²) in [4.78, 5) is 11.3. The molecule has 2 rings (SSSR count). The Morgan fingerprint density at radius 1 is 1.40 bits per heavy atom. The number of aliphatic carboxylic acids is 1. The molecule has 1 N–H and O–H groups in total. The standard InChI is InChI=1S/C11H17FO3/c1-10(12)6-11(7-10,9(13)14)8-2-4-15-5-3-8/h8H,2-7H2,1H3,(H,13,14). The summed E-state index contributed by atoms with van der Waals surface area (Å²) in [5, 5.41) is 9.26. The van der Waals surface area contributed by atoms with Gasteiger partial charge in [0.05, 0.1) is 5.41 Å². The van der Waals surface area contributed by atoms with E-state index in [0.29, 0.717) is 13.2 Å². The zero-order chi connectivity index (χ0) is 11.1. The van der Waals surface area contributed by atoms with Crippen LogP contribution in [-0.2, 0) is 9.53 Å². The SMILES string of the molecule is CC1(F)CC(C(=O)O)(C2CCOCC2)C1. The maximum absolute atomic E-state index is 13.5. The lowest BCUT2D eigenvalue weighted by Crippen LogP contribution is -2.56. The van der Waals surface area contributed by atoms with E-state index >= 15 is 0 Å². The van der Waals surface area contributed by atoms with Gasteiger partial charge in [0.25, 0.3) is 0 Å². The van der Waals surface area contributed by atoms with Crippen molar-refractivity contribution in [2.75, 3.05) is 13.2 Å². The van der Waals surface area contributed by atoms with E-state index in [1.54, 1.807) is 0 Å². The first-order chi connectivity index (χ1) is 6.96. The third kappa shape index (κ3) is 1.75. The molecule has 0 aromatic carbocycles. The van der Waals surface area contributed by atoms with E-state index in [1.165, 1.54) is 6.92 Å². The van der Waals surface area contributed by atoms with Crippen molar-refractivity contribution in [1.82, 2.24) is 0 Å². The second-order valence-electron chi connectivity index (χ2n) is 5.11. The monoisotopic (exact) mass is 216 g/mol. The van der Waals surface area contributed by atoms with Crippen molar-refractivity contribution in [3.05, 3.63) is 0 Å². The summed E-state index contributed by atoms with van der Waals surface area (Å²) in [5.41, 5.74) is -2.09. The average Bonchev–Trinajstić information content (AvgIpc) is 2.14. The van der Waals surface area contributed by atoms with Gasteiger partial charge < -0.3 is 9.84 Å². The molecule has 1 aliphatic carbocycles. The van der Waals surface area contributed by atoms with Crippen molar-refractivity contribution < 1.29 is 19.0 Å². The Kier molecular flexibility index (Phi) is 2.49. The largest absolute Gasteiger partial charge is 0.481 e. The summed E-state index contributed by atoms with van der Waals surface area (Å²) >= 11 is 0. The highest BCUT2D eigenvalue weighted by Gasteiger charge is 2.61. The predicted octanol–water partition coefficient (Wildman–Crippen LogP) is 2.01. The summed E-state index contributed by atoms with van der Waals surface area (Å²) in [6.07, 6.45) is 1.84.